The standard InChI is InChI=1S/C19H24N2OS/c1-14-18(23-13-20-14)12-21-10-15-6-5-9-19(22,17(15)11-21)16-7-3-2-4-8-16/h2-4,7-8,13,15,17,22H,5-6,9-12H2,1H3/t15-,17+,19+/m0/s1. The lowest BCUT2D eigenvalue weighted by Gasteiger charge is -2.41. The van der Waals surface area contributed by atoms with Crippen LogP contribution in [-0.2, 0) is 12.1 Å². The highest BCUT2D eigenvalue weighted by Gasteiger charge is 2.49. The van der Waals surface area contributed by atoms with Crippen molar-refractivity contribution in [2.24, 2.45) is 11.8 Å². The van der Waals surface area contributed by atoms with E-state index in [1.165, 1.54) is 11.3 Å². The van der Waals surface area contributed by atoms with E-state index in [2.05, 4.69) is 28.9 Å². The Kier molecular flexibility index (Phi) is 4.00. The summed E-state index contributed by atoms with van der Waals surface area (Å²) in [7, 11) is 0. The topological polar surface area (TPSA) is 36.4 Å². The number of hydrogen-bond acceptors (Lipinski definition) is 4. The van der Waals surface area contributed by atoms with Gasteiger partial charge in [0, 0.05) is 30.4 Å². The molecule has 3 atom stereocenters. The van der Waals surface area contributed by atoms with E-state index in [0.29, 0.717) is 11.8 Å². The van der Waals surface area contributed by atoms with E-state index in [1.807, 2.05) is 23.7 Å². The molecular formula is C19H24N2OS. The summed E-state index contributed by atoms with van der Waals surface area (Å²) in [5.41, 5.74) is 3.55. The second kappa shape index (κ2) is 6.00. The van der Waals surface area contributed by atoms with Crippen LogP contribution < -0.4 is 0 Å². The van der Waals surface area contributed by atoms with Gasteiger partial charge in [-0.05, 0) is 37.7 Å². The molecule has 1 saturated carbocycles. The van der Waals surface area contributed by atoms with Crippen molar-refractivity contribution in [3.63, 3.8) is 0 Å². The highest BCUT2D eigenvalue weighted by atomic mass is 32.1. The first-order chi connectivity index (χ1) is 11.2. The fourth-order valence-corrected chi connectivity index (χ4v) is 5.33. The van der Waals surface area contributed by atoms with Gasteiger partial charge in [0.05, 0.1) is 16.8 Å². The maximum atomic E-state index is 11.5. The van der Waals surface area contributed by atoms with Gasteiger partial charge in [0.2, 0.25) is 0 Å². The Labute approximate surface area is 142 Å². The van der Waals surface area contributed by atoms with Gasteiger partial charge in [0.25, 0.3) is 0 Å². The Morgan fingerprint density at radius 1 is 1.30 bits per heavy atom. The van der Waals surface area contributed by atoms with E-state index < -0.39 is 5.60 Å². The maximum Gasteiger partial charge on any atom is 0.0939 e. The summed E-state index contributed by atoms with van der Waals surface area (Å²) in [5.74, 6) is 0.967. The van der Waals surface area contributed by atoms with Gasteiger partial charge in [0.15, 0.2) is 0 Å². The summed E-state index contributed by atoms with van der Waals surface area (Å²) in [6.07, 6.45) is 3.27. The monoisotopic (exact) mass is 328 g/mol. The van der Waals surface area contributed by atoms with E-state index in [-0.39, 0.29) is 0 Å². The Morgan fingerprint density at radius 2 is 2.13 bits per heavy atom. The number of aryl methyl sites for hydroxylation is 1. The predicted octanol–water partition coefficient (Wildman–Crippen LogP) is 3.57. The van der Waals surface area contributed by atoms with Gasteiger partial charge >= 0.3 is 0 Å². The van der Waals surface area contributed by atoms with Crippen LogP contribution >= 0.6 is 11.3 Å². The number of nitrogens with zero attached hydrogens (tertiary/aromatic N) is 2. The molecule has 1 saturated heterocycles. The van der Waals surface area contributed by atoms with Gasteiger partial charge in [-0.3, -0.25) is 4.90 Å². The molecule has 1 N–H and O–H groups in total. The molecule has 0 spiro atoms. The third-order valence-corrected chi connectivity index (χ3v) is 6.67. The van der Waals surface area contributed by atoms with Crippen molar-refractivity contribution < 1.29 is 5.11 Å². The summed E-state index contributed by atoms with van der Waals surface area (Å²) in [6, 6.07) is 10.3. The van der Waals surface area contributed by atoms with Crippen molar-refractivity contribution in [3.8, 4) is 0 Å². The molecule has 1 aromatic carbocycles. The minimum Gasteiger partial charge on any atom is -0.385 e. The Bertz CT molecular complexity index is 671. The summed E-state index contributed by atoms with van der Waals surface area (Å²) in [4.78, 5) is 8.26. The Hall–Kier alpha value is -1.23. The van der Waals surface area contributed by atoms with Crippen LogP contribution in [0.2, 0.25) is 0 Å². The zero-order valence-corrected chi connectivity index (χ0v) is 14.4. The normalized spacial score (nSPS) is 31.2. The minimum atomic E-state index is -0.651. The number of hydrogen-bond donors (Lipinski definition) is 1. The number of rotatable bonds is 3. The summed E-state index contributed by atoms with van der Waals surface area (Å²) < 4.78 is 0. The summed E-state index contributed by atoms with van der Waals surface area (Å²) in [6.45, 7) is 5.17. The number of aliphatic hydroxyl groups is 1. The van der Waals surface area contributed by atoms with Gasteiger partial charge in [-0.15, -0.1) is 11.3 Å². The third kappa shape index (κ3) is 2.73. The van der Waals surface area contributed by atoms with Crippen molar-refractivity contribution in [2.45, 2.75) is 38.3 Å². The fourth-order valence-electron chi connectivity index (χ4n) is 4.51. The van der Waals surface area contributed by atoms with E-state index in [0.717, 1.165) is 43.7 Å². The van der Waals surface area contributed by atoms with E-state index >= 15 is 0 Å². The van der Waals surface area contributed by atoms with Crippen molar-refractivity contribution >= 4 is 11.3 Å². The lowest BCUT2D eigenvalue weighted by atomic mass is 9.67. The van der Waals surface area contributed by atoms with Crippen LogP contribution in [0.5, 0.6) is 0 Å². The molecule has 3 nitrogen and oxygen atoms in total. The van der Waals surface area contributed by atoms with Crippen LogP contribution in [0.15, 0.2) is 35.8 Å². The first-order valence-corrected chi connectivity index (χ1v) is 9.44. The number of fused-ring (bicyclic) bond motifs is 1. The average molecular weight is 328 g/mol. The van der Waals surface area contributed by atoms with E-state index in [4.69, 9.17) is 0 Å². The quantitative estimate of drug-likeness (QED) is 0.936. The zero-order chi connectivity index (χ0) is 15.9. The Balaban J connectivity index is 1.56. The molecule has 2 fully saturated rings. The molecule has 1 aromatic heterocycles. The van der Waals surface area contributed by atoms with E-state index in [1.54, 1.807) is 11.3 Å². The molecule has 2 heterocycles. The third-order valence-electron chi connectivity index (χ3n) is 5.75. The van der Waals surface area contributed by atoms with Crippen molar-refractivity contribution in [3.05, 3.63) is 52.0 Å². The predicted molar refractivity (Wildman–Crippen MR) is 93.3 cm³/mol. The average Bonchev–Trinajstić information content (AvgIpc) is 3.16. The van der Waals surface area contributed by atoms with Gasteiger partial charge in [-0.25, -0.2) is 4.98 Å². The van der Waals surface area contributed by atoms with Crippen LogP contribution in [0.4, 0.5) is 0 Å². The highest BCUT2D eigenvalue weighted by Crippen LogP contribution is 2.48. The second-order valence-electron chi connectivity index (χ2n) is 7.10. The lowest BCUT2D eigenvalue weighted by molar-refractivity contribution is -0.0648. The number of benzene rings is 1. The molecule has 2 aromatic rings. The van der Waals surface area contributed by atoms with Crippen LogP contribution in [0.25, 0.3) is 0 Å². The molecule has 4 rings (SSSR count). The summed E-state index contributed by atoms with van der Waals surface area (Å²) in [5, 5.41) is 11.5. The summed E-state index contributed by atoms with van der Waals surface area (Å²) >= 11 is 1.75. The van der Waals surface area contributed by atoms with Crippen LogP contribution in [0, 0.1) is 18.8 Å². The number of likely N-dealkylation sites (tertiary alicyclic amines) is 1. The molecular weight excluding hydrogens is 304 g/mol. The highest BCUT2D eigenvalue weighted by molar-refractivity contribution is 7.09. The molecule has 2 aliphatic rings. The van der Waals surface area contributed by atoms with Gasteiger partial charge in [-0.2, -0.15) is 0 Å². The molecule has 0 unspecified atom stereocenters. The first kappa shape index (κ1) is 15.3. The fraction of sp³-hybridized carbons (Fsp3) is 0.526. The largest absolute Gasteiger partial charge is 0.385 e. The van der Waals surface area contributed by atoms with Gasteiger partial charge < -0.3 is 5.11 Å². The molecule has 0 amide bonds. The molecule has 1 aliphatic carbocycles. The van der Waals surface area contributed by atoms with Crippen molar-refractivity contribution in [2.75, 3.05) is 13.1 Å². The molecule has 0 bridgehead atoms. The number of thiazole rings is 1. The zero-order valence-electron chi connectivity index (χ0n) is 13.6. The molecule has 23 heavy (non-hydrogen) atoms. The van der Waals surface area contributed by atoms with Crippen LogP contribution in [0.3, 0.4) is 0 Å². The van der Waals surface area contributed by atoms with Gasteiger partial charge in [-0.1, -0.05) is 30.3 Å². The van der Waals surface area contributed by atoms with Crippen LogP contribution in [0.1, 0.15) is 35.4 Å². The lowest BCUT2D eigenvalue weighted by Crippen LogP contribution is -2.42. The van der Waals surface area contributed by atoms with Crippen molar-refractivity contribution in [1.29, 1.82) is 0 Å². The molecule has 0 radical (unpaired) electrons. The van der Waals surface area contributed by atoms with Crippen LogP contribution in [-0.4, -0.2) is 28.1 Å². The smallest absolute Gasteiger partial charge is 0.0939 e. The first-order valence-electron chi connectivity index (χ1n) is 8.56. The van der Waals surface area contributed by atoms with Gasteiger partial charge in [0.1, 0.15) is 0 Å². The van der Waals surface area contributed by atoms with Crippen molar-refractivity contribution in [1.82, 2.24) is 9.88 Å². The molecule has 1 aliphatic heterocycles. The maximum absolute atomic E-state index is 11.5. The number of aromatic nitrogens is 1. The molecule has 4 heteroatoms. The second-order valence-corrected chi connectivity index (χ2v) is 8.04. The van der Waals surface area contributed by atoms with E-state index in [9.17, 15) is 5.11 Å². The SMILES string of the molecule is Cc1ncsc1CN1C[C@@H]2CCC[C@@](O)(c3ccccc3)[C@@H]2C1. The minimum absolute atomic E-state index is 0.354. The Morgan fingerprint density at radius 3 is 2.87 bits per heavy atom. The molecule has 122 valence electrons.